The van der Waals surface area contributed by atoms with Crippen LogP contribution in [-0.4, -0.2) is 21.0 Å². The van der Waals surface area contributed by atoms with Crippen LogP contribution in [0.25, 0.3) is 0 Å². The maximum Gasteiger partial charge on any atom is 0.231 e. The largest absolute Gasteiger partial charge is 0.497 e. The van der Waals surface area contributed by atoms with Gasteiger partial charge in [0.1, 0.15) is 5.75 Å². The normalized spacial score (nSPS) is 14.1. The van der Waals surface area contributed by atoms with Crippen LogP contribution in [-0.2, 0) is 0 Å². The molecule has 0 fully saturated rings. The molecule has 2 aromatic carbocycles. The molecule has 2 aromatic rings. The Kier molecular flexibility index (Phi) is 3.48. The summed E-state index contributed by atoms with van der Waals surface area (Å²) in [7, 11) is 3.61. The first-order valence-corrected chi connectivity index (χ1v) is 6.52. The van der Waals surface area contributed by atoms with Gasteiger partial charge in [-0.2, -0.15) is 0 Å². The molecule has 4 nitrogen and oxygen atoms in total. The first-order valence-electron chi connectivity index (χ1n) is 6.52. The molecule has 1 atom stereocenters. The van der Waals surface area contributed by atoms with Crippen LogP contribution in [0.2, 0.25) is 0 Å². The van der Waals surface area contributed by atoms with Gasteiger partial charge in [0.2, 0.25) is 6.79 Å². The molecule has 1 aliphatic rings. The fourth-order valence-electron chi connectivity index (χ4n) is 2.41. The lowest BCUT2D eigenvalue weighted by Gasteiger charge is -2.18. The maximum atomic E-state index is 5.44. The Bertz CT molecular complexity index is 595. The van der Waals surface area contributed by atoms with E-state index in [1.807, 2.05) is 31.3 Å². The number of methoxy groups -OCH3 is 1. The average Bonchev–Trinajstić information content (AvgIpc) is 2.96. The zero-order valence-electron chi connectivity index (χ0n) is 11.6. The number of benzene rings is 2. The second kappa shape index (κ2) is 5.43. The molecular weight excluding hydrogens is 254 g/mol. The third kappa shape index (κ3) is 2.30. The lowest BCUT2D eigenvalue weighted by atomic mass is 9.98. The van der Waals surface area contributed by atoms with Gasteiger partial charge in [-0.3, -0.25) is 0 Å². The van der Waals surface area contributed by atoms with E-state index in [1.54, 1.807) is 7.11 Å². The Morgan fingerprint density at radius 2 is 1.70 bits per heavy atom. The summed E-state index contributed by atoms with van der Waals surface area (Å²) >= 11 is 0. The van der Waals surface area contributed by atoms with Crippen LogP contribution < -0.4 is 19.5 Å². The zero-order chi connectivity index (χ0) is 13.9. The molecule has 20 heavy (non-hydrogen) atoms. The van der Waals surface area contributed by atoms with Crippen molar-refractivity contribution >= 4 is 0 Å². The highest BCUT2D eigenvalue weighted by Crippen LogP contribution is 2.35. The minimum Gasteiger partial charge on any atom is -0.497 e. The summed E-state index contributed by atoms with van der Waals surface area (Å²) in [5.74, 6) is 2.46. The highest BCUT2D eigenvalue weighted by molar-refractivity contribution is 5.47. The minimum absolute atomic E-state index is 0.107. The van der Waals surface area contributed by atoms with Gasteiger partial charge in [-0.15, -0.1) is 0 Å². The van der Waals surface area contributed by atoms with Gasteiger partial charge in [0.15, 0.2) is 11.5 Å². The number of hydrogen-bond donors (Lipinski definition) is 1. The zero-order valence-corrected chi connectivity index (χ0v) is 11.6. The molecule has 0 aromatic heterocycles. The predicted octanol–water partition coefficient (Wildman–Crippen LogP) is 2.73. The fourth-order valence-corrected chi connectivity index (χ4v) is 2.41. The molecule has 0 amide bonds. The Morgan fingerprint density at radius 1 is 1.00 bits per heavy atom. The molecule has 1 N–H and O–H groups in total. The third-order valence-corrected chi connectivity index (χ3v) is 3.47. The number of nitrogens with one attached hydrogen (secondary N) is 1. The van der Waals surface area contributed by atoms with Gasteiger partial charge < -0.3 is 19.5 Å². The maximum absolute atomic E-state index is 5.44. The summed E-state index contributed by atoms with van der Waals surface area (Å²) in [6.45, 7) is 0.297. The van der Waals surface area contributed by atoms with Crippen molar-refractivity contribution < 1.29 is 14.2 Å². The smallest absolute Gasteiger partial charge is 0.231 e. The van der Waals surface area contributed by atoms with Crippen LogP contribution in [0.3, 0.4) is 0 Å². The summed E-state index contributed by atoms with van der Waals surface area (Å²) in [4.78, 5) is 0. The van der Waals surface area contributed by atoms with E-state index in [1.165, 1.54) is 5.56 Å². The molecule has 0 saturated carbocycles. The van der Waals surface area contributed by atoms with Crippen molar-refractivity contribution in [2.75, 3.05) is 21.0 Å². The van der Waals surface area contributed by atoms with Crippen molar-refractivity contribution in [3.05, 3.63) is 53.6 Å². The van der Waals surface area contributed by atoms with Crippen LogP contribution in [0.15, 0.2) is 42.5 Å². The number of hydrogen-bond acceptors (Lipinski definition) is 4. The summed E-state index contributed by atoms with van der Waals surface area (Å²) in [5.41, 5.74) is 2.31. The quantitative estimate of drug-likeness (QED) is 0.928. The van der Waals surface area contributed by atoms with Crippen LogP contribution in [0.5, 0.6) is 17.2 Å². The molecular formula is C16H17NO3. The predicted molar refractivity (Wildman–Crippen MR) is 76.5 cm³/mol. The van der Waals surface area contributed by atoms with Gasteiger partial charge in [-0.25, -0.2) is 0 Å². The van der Waals surface area contributed by atoms with Crippen molar-refractivity contribution in [1.82, 2.24) is 5.32 Å². The number of fused-ring (bicyclic) bond motifs is 1. The van der Waals surface area contributed by atoms with Crippen LogP contribution in [0, 0.1) is 0 Å². The Hall–Kier alpha value is -2.20. The molecule has 0 radical (unpaired) electrons. The fraction of sp³-hybridized carbons (Fsp3) is 0.250. The summed E-state index contributed by atoms with van der Waals surface area (Å²) < 4.78 is 16.0. The van der Waals surface area contributed by atoms with Crippen molar-refractivity contribution in [3.63, 3.8) is 0 Å². The molecule has 0 bridgehead atoms. The Labute approximate surface area is 118 Å². The average molecular weight is 271 g/mol. The van der Waals surface area contributed by atoms with E-state index < -0.39 is 0 Å². The van der Waals surface area contributed by atoms with Gasteiger partial charge in [-0.1, -0.05) is 18.2 Å². The van der Waals surface area contributed by atoms with Crippen LogP contribution in [0.4, 0.5) is 0 Å². The molecule has 104 valence electrons. The van der Waals surface area contributed by atoms with Crippen molar-refractivity contribution in [3.8, 4) is 17.2 Å². The highest BCUT2D eigenvalue weighted by Gasteiger charge is 2.18. The summed E-state index contributed by atoms with van der Waals surface area (Å²) in [5, 5.41) is 3.33. The molecule has 0 spiro atoms. The molecule has 3 rings (SSSR count). The topological polar surface area (TPSA) is 39.7 Å². The first-order chi connectivity index (χ1) is 9.81. The van der Waals surface area contributed by atoms with E-state index in [2.05, 4.69) is 23.5 Å². The first kappa shape index (κ1) is 12.8. The molecule has 0 saturated heterocycles. The van der Waals surface area contributed by atoms with Crippen molar-refractivity contribution in [1.29, 1.82) is 0 Å². The second-order valence-corrected chi connectivity index (χ2v) is 4.61. The van der Waals surface area contributed by atoms with E-state index in [9.17, 15) is 0 Å². The molecule has 0 aliphatic carbocycles. The van der Waals surface area contributed by atoms with Crippen molar-refractivity contribution in [2.24, 2.45) is 0 Å². The molecule has 4 heteroatoms. The van der Waals surface area contributed by atoms with E-state index in [0.29, 0.717) is 6.79 Å². The van der Waals surface area contributed by atoms with Crippen LogP contribution in [0.1, 0.15) is 17.2 Å². The van der Waals surface area contributed by atoms with E-state index in [0.717, 1.165) is 22.8 Å². The minimum atomic E-state index is 0.107. The van der Waals surface area contributed by atoms with Gasteiger partial charge >= 0.3 is 0 Å². The lowest BCUT2D eigenvalue weighted by Crippen LogP contribution is -2.17. The van der Waals surface area contributed by atoms with Gasteiger partial charge in [0.05, 0.1) is 13.2 Å². The monoisotopic (exact) mass is 271 g/mol. The summed E-state index contributed by atoms with van der Waals surface area (Å²) in [6, 6.07) is 14.2. The lowest BCUT2D eigenvalue weighted by molar-refractivity contribution is 0.174. The van der Waals surface area contributed by atoms with Gasteiger partial charge in [0.25, 0.3) is 0 Å². The third-order valence-electron chi connectivity index (χ3n) is 3.47. The highest BCUT2D eigenvalue weighted by atomic mass is 16.7. The van der Waals surface area contributed by atoms with Crippen LogP contribution >= 0.6 is 0 Å². The number of ether oxygens (including phenoxy) is 3. The van der Waals surface area contributed by atoms with Gasteiger partial charge in [0, 0.05) is 0 Å². The van der Waals surface area contributed by atoms with E-state index >= 15 is 0 Å². The summed E-state index contributed by atoms with van der Waals surface area (Å²) in [6.07, 6.45) is 0. The Morgan fingerprint density at radius 3 is 2.40 bits per heavy atom. The van der Waals surface area contributed by atoms with Crippen molar-refractivity contribution in [2.45, 2.75) is 6.04 Å². The standard InChI is InChI=1S/C16H17NO3/c1-17-16(11-3-6-13(18-2)7-4-11)12-5-8-14-15(9-12)20-10-19-14/h3-9,16-17H,10H2,1-2H3. The molecule has 1 unspecified atom stereocenters. The van der Waals surface area contributed by atoms with E-state index in [-0.39, 0.29) is 6.04 Å². The molecule has 1 aliphatic heterocycles. The van der Waals surface area contributed by atoms with Gasteiger partial charge in [-0.05, 0) is 42.4 Å². The number of rotatable bonds is 4. The Balaban J connectivity index is 1.92. The van der Waals surface area contributed by atoms with E-state index in [4.69, 9.17) is 14.2 Å². The SMILES string of the molecule is CNC(c1ccc(OC)cc1)c1ccc2c(c1)OCO2. The second-order valence-electron chi connectivity index (χ2n) is 4.61. The molecule has 1 heterocycles.